The van der Waals surface area contributed by atoms with Crippen LogP contribution in [-0.2, 0) is 6.42 Å². The van der Waals surface area contributed by atoms with E-state index < -0.39 is 0 Å². The van der Waals surface area contributed by atoms with E-state index in [0.717, 1.165) is 0 Å². The summed E-state index contributed by atoms with van der Waals surface area (Å²) < 4.78 is 0. The van der Waals surface area contributed by atoms with Gasteiger partial charge in [-0.2, -0.15) is 0 Å². The minimum absolute atomic E-state index is 1.25. The standard InChI is InChI=1S/C32H59N/c1-4-7-10-13-16-17-18-21-26-31-27-22-23-28-32(31)33(29-24-19-14-11-8-5-2)30-25-20-15-12-9-6-3/h22-23,27-28H,4-21,24-26,29-30H2,1-3H3. The van der Waals surface area contributed by atoms with E-state index in [9.17, 15) is 0 Å². The second-order valence-corrected chi connectivity index (χ2v) is 10.4. The van der Waals surface area contributed by atoms with Crippen molar-refractivity contribution in [1.82, 2.24) is 0 Å². The Bertz CT molecular complexity index is 507. The van der Waals surface area contributed by atoms with Crippen LogP contribution in [0.2, 0.25) is 0 Å². The summed E-state index contributed by atoms with van der Waals surface area (Å²) in [7, 11) is 0. The smallest absolute Gasteiger partial charge is 0.0398 e. The van der Waals surface area contributed by atoms with Gasteiger partial charge in [-0.15, -0.1) is 0 Å². The molecule has 1 rings (SSSR count). The Kier molecular flexibility index (Phi) is 20.8. The maximum absolute atomic E-state index is 2.75. The number of nitrogens with zero attached hydrogens (tertiary/aromatic N) is 1. The number of para-hydroxylation sites is 1. The Labute approximate surface area is 209 Å². The predicted octanol–water partition coefficient (Wildman–Crippen LogP) is 10.9. The normalized spacial score (nSPS) is 11.2. The molecular formula is C32H59N. The average Bonchev–Trinajstić information content (AvgIpc) is 2.84. The number of anilines is 1. The van der Waals surface area contributed by atoms with Gasteiger partial charge in [-0.3, -0.25) is 0 Å². The number of hydrogen-bond acceptors (Lipinski definition) is 1. The van der Waals surface area contributed by atoms with Crippen molar-refractivity contribution in [1.29, 1.82) is 0 Å². The monoisotopic (exact) mass is 457 g/mol. The Morgan fingerprint density at radius 3 is 1.33 bits per heavy atom. The lowest BCUT2D eigenvalue weighted by Crippen LogP contribution is -2.27. The third-order valence-corrected chi connectivity index (χ3v) is 7.20. The summed E-state index contributed by atoms with van der Waals surface area (Å²) in [5.41, 5.74) is 3.14. The van der Waals surface area contributed by atoms with Gasteiger partial charge in [0.25, 0.3) is 0 Å². The largest absolute Gasteiger partial charge is 0.371 e. The third-order valence-electron chi connectivity index (χ3n) is 7.20. The Morgan fingerprint density at radius 1 is 0.455 bits per heavy atom. The zero-order valence-electron chi connectivity index (χ0n) is 23.0. The molecule has 0 spiro atoms. The molecule has 0 unspecified atom stereocenters. The highest BCUT2D eigenvalue weighted by Gasteiger charge is 2.11. The van der Waals surface area contributed by atoms with Crippen LogP contribution in [-0.4, -0.2) is 13.1 Å². The van der Waals surface area contributed by atoms with E-state index >= 15 is 0 Å². The SMILES string of the molecule is CCCCCCCCCCc1ccccc1N(CCCCCCCC)CCCCCCCC. The molecule has 0 heterocycles. The highest BCUT2D eigenvalue weighted by atomic mass is 15.1. The lowest BCUT2D eigenvalue weighted by molar-refractivity contribution is 0.570. The molecule has 0 aromatic heterocycles. The Morgan fingerprint density at radius 2 is 0.848 bits per heavy atom. The summed E-state index contributed by atoms with van der Waals surface area (Å²) in [6.45, 7) is 9.42. The van der Waals surface area contributed by atoms with Crippen molar-refractivity contribution < 1.29 is 0 Å². The van der Waals surface area contributed by atoms with Gasteiger partial charge < -0.3 is 4.90 Å². The van der Waals surface area contributed by atoms with Gasteiger partial charge in [0.1, 0.15) is 0 Å². The highest BCUT2D eigenvalue weighted by Crippen LogP contribution is 2.24. The van der Waals surface area contributed by atoms with Gasteiger partial charge in [0.15, 0.2) is 0 Å². The van der Waals surface area contributed by atoms with Crippen LogP contribution >= 0.6 is 0 Å². The van der Waals surface area contributed by atoms with Crippen LogP contribution in [0.4, 0.5) is 5.69 Å². The molecule has 1 aromatic carbocycles. The zero-order valence-corrected chi connectivity index (χ0v) is 23.0. The molecule has 1 nitrogen and oxygen atoms in total. The molecule has 0 saturated carbocycles. The van der Waals surface area contributed by atoms with Crippen molar-refractivity contribution in [3.8, 4) is 0 Å². The fourth-order valence-electron chi connectivity index (χ4n) is 5.00. The zero-order chi connectivity index (χ0) is 23.8. The van der Waals surface area contributed by atoms with E-state index in [1.54, 1.807) is 11.3 Å². The van der Waals surface area contributed by atoms with Crippen molar-refractivity contribution in [2.24, 2.45) is 0 Å². The van der Waals surface area contributed by atoms with Crippen molar-refractivity contribution in [3.05, 3.63) is 29.8 Å². The minimum atomic E-state index is 1.25. The van der Waals surface area contributed by atoms with Crippen molar-refractivity contribution in [2.45, 2.75) is 156 Å². The molecule has 0 aliphatic heterocycles. The van der Waals surface area contributed by atoms with E-state index in [4.69, 9.17) is 0 Å². The first-order valence-electron chi connectivity index (χ1n) is 15.2. The van der Waals surface area contributed by atoms with Gasteiger partial charge in [-0.1, -0.05) is 148 Å². The van der Waals surface area contributed by atoms with Gasteiger partial charge >= 0.3 is 0 Å². The molecule has 1 heteroatoms. The van der Waals surface area contributed by atoms with Crippen molar-refractivity contribution in [3.63, 3.8) is 0 Å². The minimum Gasteiger partial charge on any atom is -0.371 e. The van der Waals surface area contributed by atoms with Gasteiger partial charge in [-0.05, 0) is 37.3 Å². The van der Waals surface area contributed by atoms with Crippen LogP contribution < -0.4 is 4.90 Å². The summed E-state index contributed by atoms with van der Waals surface area (Å²) >= 11 is 0. The molecule has 0 atom stereocenters. The fourth-order valence-corrected chi connectivity index (χ4v) is 5.00. The van der Waals surface area contributed by atoms with Crippen LogP contribution in [0.15, 0.2) is 24.3 Å². The maximum Gasteiger partial charge on any atom is 0.0398 e. The van der Waals surface area contributed by atoms with Gasteiger partial charge in [-0.25, -0.2) is 0 Å². The third kappa shape index (κ3) is 16.3. The molecule has 0 bridgehead atoms. The topological polar surface area (TPSA) is 3.24 Å². The van der Waals surface area contributed by atoms with Crippen LogP contribution in [0.1, 0.15) is 155 Å². The Balaban J connectivity index is 2.51. The van der Waals surface area contributed by atoms with Crippen molar-refractivity contribution in [2.75, 3.05) is 18.0 Å². The molecular weight excluding hydrogens is 398 g/mol. The number of unbranched alkanes of at least 4 members (excludes halogenated alkanes) is 17. The van der Waals surface area contributed by atoms with E-state index in [1.165, 1.54) is 148 Å². The molecule has 0 radical (unpaired) electrons. The molecule has 0 fully saturated rings. The van der Waals surface area contributed by atoms with Crippen LogP contribution in [0.3, 0.4) is 0 Å². The molecule has 1 aromatic rings. The van der Waals surface area contributed by atoms with Crippen LogP contribution in [0.5, 0.6) is 0 Å². The maximum atomic E-state index is 2.75. The second-order valence-electron chi connectivity index (χ2n) is 10.4. The predicted molar refractivity (Wildman–Crippen MR) is 152 cm³/mol. The molecule has 0 aliphatic rings. The first-order chi connectivity index (χ1) is 16.3. The lowest BCUT2D eigenvalue weighted by Gasteiger charge is -2.27. The van der Waals surface area contributed by atoms with E-state index in [-0.39, 0.29) is 0 Å². The number of hydrogen-bond donors (Lipinski definition) is 0. The average molecular weight is 458 g/mol. The Hall–Kier alpha value is -0.980. The number of rotatable bonds is 24. The lowest BCUT2D eigenvalue weighted by atomic mass is 10.0. The molecule has 0 N–H and O–H groups in total. The summed E-state index contributed by atoms with van der Waals surface area (Å²) in [5, 5.41) is 0. The first kappa shape index (κ1) is 30.1. The van der Waals surface area contributed by atoms with Crippen molar-refractivity contribution >= 4 is 5.69 Å². The van der Waals surface area contributed by atoms with E-state index in [0.29, 0.717) is 0 Å². The second kappa shape index (κ2) is 22.8. The van der Waals surface area contributed by atoms with Gasteiger partial charge in [0, 0.05) is 18.8 Å². The van der Waals surface area contributed by atoms with Gasteiger partial charge in [0.05, 0.1) is 0 Å². The summed E-state index contributed by atoms with van der Waals surface area (Å²) in [4.78, 5) is 2.75. The van der Waals surface area contributed by atoms with Crippen LogP contribution in [0.25, 0.3) is 0 Å². The summed E-state index contributed by atoms with van der Waals surface area (Å²) in [6.07, 6.45) is 29.2. The molecule has 192 valence electrons. The molecule has 0 amide bonds. The molecule has 33 heavy (non-hydrogen) atoms. The summed E-state index contributed by atoms with van der Waals surface area (Å²) in [5.74, 6) is 0. The molecule has 0 aliphatic carbocycles. The van der Waals surface area contributed by atoms with Gasteiger partial charge in [0.2, 0.25) is 0 Å². The van der Waals surface area contributed by atoms with Crippen LogP contribution in [0, 0.1) is 0 Å². The van der Waals surface area contributed by atoms with E-state index in [2.05, 4.69) is 49.9 Å². The summed E-state index contributed by atoms with van der Waals surface area (Å²) in [6, 6.07) is 9.35. The number of aryl methyl sites for hydroxylation is 1. The molecule has 0 saturated heterocycles. The highest BCUT2D eigenvalue weighted by molar-refractivity contribution is 5.53. The fraction of sp³-hybridized carbons (Fsp3) is 0.812. The van der Waals surface area contributed by atoms with E-state index in [1.807, 2.05) is 0 Å². The first-order valence-corrected chi connectivity index (χ1v) is 15.2. The quantitative estimate of drug-likeness (QED) is 0.139. The number of benzene rings is 1.